The van der Waals surface area contributed by atoms with Crippen LogP contribution in [-0.2, 0) is 9.59 Å². The predicted molar refractivity (Wildman–Crippen MR) is 68.6 cm³/mol. The van der Waals surface area contributed by atoms with Crippen molar-refractivity contribution < 1.29 is 9.59 Å². The van der Waals surface area contributed by atoms with E-state index in [9.17, 15) is 9.59 Å². The van der Waals surface area contributed by atoms with Gasteiger partial charge in [-0.05, 0) is 25.7 Å². The van der Waals surface area contributed by atoms with E-state index in [1.165, 1.54) is 19.3 Å². The highest BCUT2D eigenvalue weighted by atomic mass is 16.2. The first kappa shape index (κ1) is 14.2. The normalized spacial score (nSPS) is 19.1. The number of carbonyl (C=O) groups excluding carboxylic acids is 2. The number of Topliss-reactive ketones (excluding diaryl/α,β-unsaturated/α-hetero) is 1. The standard InChI is InChI=1S/C14H25NO2/c1-10(2)13(11(3)16)9-14(17)15-12-7-5-4-6-8-12/h10,12-13H,4-9H2,1-3H3,(H,15,17). The molecule has 0 heterocycles. The van der Waals surface area contributed by atoms with Crippen molar-refractivity contribution in [1.82, 2.24) is 5.32 Å². The summed E-state index contributed by atoms with van der Waals surface area (Å²) in [6, 6.07) is 0.344. The van der Waals surface area contributed by atoms with Gasteiger partial charge in [0.25, 0.3) is 0 Å². The third kappa shape index (κ3) is 4.88. The summed E-state index contributed by atoms with van der Waals surface area (Å²) >= 11 is 0. The van der Waals surface area contributed by atoms with Crippen LogP contribution in [0.1, 0.15) is 59.3 Å². The summed E-state index contributed by atoms with van der Waals surface area (Å²) < 4.78 is 0. The molecule has 1 amide bonds. The highest BCUT2D eigenvalue weighted by molar-refractivity contribution is 5.85. The van der Waals surface area contributed by atoms with Crippen molar-refractivity contribution in [2.75, 3.05) is 0 Å². The second-order valence-corrected chi connectivity index (χ2v) is 5.57. The lowest BCUT2D eigenvalue weighted by molar-refractivity contribution is -0.129. The average molecular weight is 239 g/mol. The maximum absolute atomic E-state index is 11.9. The average Bonchev–Trinajstić information content (AvgIpc) is 2.26. The Labute approximate surface area is 104 Å². The van der Waals surface area contributed by atoms with E-state index in [2.05, 4.69) is 5.32 Å². The molecule has 17 heavy (non-hydrogen) atoms. The monoisotopic (exact) mass is 239 g/mol. The van der Waals surface area contributed by atoms with Gasteiger partial charge in [-0.2, -0.15) is 0 Å². The molecular formula is C14H25NO2. The molecule has 3 heteroatoms. The first-order chi connectivity index (χ1) is 8.00. The molecule has 0 radical (unpaired) electrons. The fourth-order valence-electron chi connectivity index (χ4n) is 2.58. The molecule has 98 valence electrons. The molecule has 0 aromatic carbocycles. The quantitative estimate of drug-likeness (QED) is 0.801. The Morgan fingerprint density at radius 3 is 2.24 bits per heavy atom. The summed E-state index contributed by atoms with van der Waals surface area (Å²) in [4.78, 5) is 23.3. The summed E-state index contributed by atoms with van der Waals surface area (Å²) in [5.74, 6) is 0.285. The molecule has 1 fully saturated rings. The van der Waals surface area contributed by atoms with Gasteiger partial charge >= 0.3 is 0 Å². The summed E-state index contributed by atoms with van der Waals surface area (Å²) in [5.41, 5.74) is 0. The van der Waals surface area contributed by atoms with Crippen LogP contribution in [0.15, 0.2) is 0 Å². The minimum absolute atomic E-state index is 0.0470. The van der Waals surface area contributed by atoms with Gasteiger partial charge in [0.15, 0.2) is 0 Å². The first-order valence-corrected chi connectivity index (χ1v) is 6.80. The summed E-state index contributed by atoms with van der Waals surface area (Å²) in [6.07, 6.45) is 6.25. The highest BCUT2D eigenvalue weighted by Gasteiger charge is 2.23. The largest absolute Gasteiger partial charge is 0.353 e. The third-order valence-electron chi connectivity index (χ3n) is 3.70. The molecule has 1 aliphatic rings. The van der Waals surface area contributed by atoms with Gasteiger partial charge in [0.1, 0.15) is 5.78 Å². The van der Waals surface area contributed by atoms with Crippen molar-refractivity contribution >= 4 is 11.7 Å². The topological polar surface area (TPSA) is 46.2 Å². The van der Waals surface area contributed by atoms with E-state index in [4.69, 9.17) is 0 Å². The van der Waals surface area contributed by atoms with Crippen LogP contribution < -0.4 is 5.32 Å². The number of rotatable bonds is 5. The van der Waals surface area contributed by atoms with E-state index in [0.29, 0.717) is 12.5 Å². The van der Waals surface area contributed by atoms with Gasteiger partial charge in [-0.15, -0.1) is 0 Å². The molecule has 1 aliphatic carbocycles. The van der Waals surface area contributed by atoms with E-state index in [0.717, 1.165) is 12.8 Å². The van der Waals surface area contributed by atoms with Crippen molar-refractivity contribution in [2.45, 2.75) is 65.3 Å². The van der Waals surface area contributed by atoms with Crippen molar-refractivity contribution in [3.8, 4) is 0 Å². The Morgan fingerprint density at radius 1 is 1.18 bits per heavy atom. The molecule has 0 aromatic heterocycles. The SMILES string of the molecule is CC(=O)C(CC(=O)NC1CCCCC1)C(C)C. The van der Waals surface area contributed by atoms with E-state index in [-0.39, 0.29) is 23.5 Å². The maximum Gasteiger partial charge on any atom is 0.220 e. The van der Waals surface area contributed by atoms with Crippen LogP contribution in [0.4, 0.5) is 0 Å². The lowest BCUT2D eigenvalue weighted by atomic mass is 9.88. The van der Waals surface area contributed by atoms with Crippen molar-refractivity contribution in [2.24, 2.45) is 11.8 Å². The zero-order chi connectivity index (χ0) is 12.8. The zero-order valence-corrected chi connectivity index (χ0v) is 11.3. The Morgan fingerprint density at radius 2 is 1.76 bits per heavy atom. The van der Waals surface area contributed by atoms with Crippen LogP contribution in [0.3, 0.4) is 0 Å². The van der Waals surface area contributed by atoms with E-state index >= 15 is 0 Å². The maximum atomic E-state index is 11.9. The first-order valence-electron chi connectivity index (χ1n) is 6.80. The molecular weight excluding hydrogens is 214 g/mol. The Kier molecular flexibility index (Phi) is 5.66. The Bertz CT molecular complexity index is 267. The molecule has 1 N–H and O–H groups in total. The molecule has 1 saturated carbocycles. The molecule has 0 aliphatic heterocycles. The van der Waals surface area contributed by atoms with E-state index < -0.39 is 0 Å². The predicted octanol–water partition coefficient (Wildman–Crippen LogP) is 2.69. The summed E-state index contributed by atoms with van der Waals surface area (Å²) in [7, 11) is 0. The van der Waals surface area contributed by atoms with Gasteiger partial charge in [0.2, 0.25) is 5.91 Å². The molecule has 1 atom stereocenters. The fraction of sp³-hybridized carbons (Fsp3) is 0.857. The Balaban J connectivity index is 2.38. The minimum atomic E-state index is -0.126. The number of carbonyl (C=O) groups is 2. The van der Waals surface area contributed by atoms with Gasteiger partial charge < -0.3 is 5.32 Å². The van der Waals surface area contributed by atoms with Crippen LogP contribution in [0.5, 0.6) is 0 Å². The van der Waals surface area contributed by atoms with Gasteiger partial charge in [-0.1, -0.05) is 33.1 Å². The molecule has 0 bridgehead atoms. The van der Waals surface area contributed by atoms with Crippen molar-refractivity contribution in [3.63, 3.8) is 0 Å². The van der Waals surface area contributed by atoms with E-state index in [1.807, 2.05) is 13.8 Å². The number of hydrogen-bond acceptors (Lipinski definition) is 2. The van der Waals surface area contributed by atoms with Gasteiger partial charge in [0, 0.05) is 18.4 Å². The van der Waals surface area contributed by atoms with Crippen molar-refractivity contribution in [3.05, 3.63) is 0 Å². The number of amides is 1. The lowest BCUT2D eigenvalue weighted by Gasteiger charge is -2.24. The van der Waals surface area contributed by atoms with Gasteiger partial charge in [0.05, 0.1) is 0 Å². The number of hydrogen-bond donors (Lipinski definition) is 1. The lowest BCUT2D eigenvalue weighted by Crippen LogP contribution is -2.38. The second kappa shape index (κ2) is 6.77. The zero-order valence-electron chi connectivity index (χ0n) is 11.3. The van der Waals surface area contributed by atoms with Crippen LogP contribution in [-0.4, -0.2) is 17.7 Å². The second-order valence-electron chi connectivity index (χ2n) is 5.57. The molecule has 0 aromatic rings. The van der Waals surface area contributed by atoms with Crippen LogP contribution in [0.25, 0.3) is 0 Å². The van der Waals surface area contributed by atoms with Crippen LogP contribution >= 0.6 is 0 Å². The van der Waals surface area contributed by atoms with Crippen LogP contribution in [0.2, 0.25) is 0 Å². The number of nitrogens with one attached hydrogen (secondary N) is 1. The minimum Gasteiger partial charge on any atom is -0.353 e. The molecule has 1 unspecified atom stereocenters. The van der Waals surface area contributed by atoms with E-state index in [1.54, 1.807) is 6.92 Å². The van der Waals surface area contributed by atoms with Crippen molar-refractivity contribution in [1.29, 1.82) is 0 Å². The molecule has 1 rings (SSSR count). The van der Waals surface area contributed by atoms with Crippen LogP contribution in [0, 0.1) is 11.8 Å². The smallest absolute Gasteiger partial charge is 0.220 e. The summed E-state index contributed by atoms with van der Waals surface area (Å²) in [6.45, 7) is 5.58. The van der Waals surface area contributed by atoms with Gasteiger partial charge in [-0.25, -0.2) is 0 Å². The third-order valence-corrected chi connectivity index (χ3v) is 3.70. The highest BCUT2D eigenvalue weighted by Crippen LogP contribution is 2.19. The molecule has 0 saturated heterocycles. The number of ketones is 1. The molecule has 3 nitrogen and oxygen atoms in total. The fourth-order valence-corrected chi connectivity index (χ4v) is 2.58. The molecule has 0 spiro atoms. The summed E-state index contributed by atoms with van der Waals surface area (Å²) in [5, 5.41) is 3.07. The Hall–Kier alpha value is -0.860. The van der Waals surface area contributed by atoms with Gasteiger partial charge in [-0.3, -0.25) is 9.59 Å².